The zero-order valence-electron chi connectivity index (χ0n) is 11.8. The molecule has 5 rings (SSSR count). The van der Waals surface area contributed by atoms with Gasteiger partial charge in [-0.25, -0.2) is 0 Å². The summed E-state index contributed by atoms with van der Waals surface area (Å²) in [7, 11) is 0. The first-order valence-corrected chi connectivity index (χ1v) is 7.77. The summed E-state index contributed by atoms with van der Waals surface area (Å²) < 4.78 is 11.4. The molecule has 0 aliphatic carbocycles. The normalized spacial score (nSPS) is 31.7. The number of anilines is 1. The number of rotatable bonds is 2. The Kier molecular flexibility index (Phi) is 3.19. The predicted molar refractivity (Wildman–Crippen MR) is 78.6 cm³/mol. The molecule has 4 heteroatoms. The van der Waals surface area contributed by atoms with Gasteiger partial charge in [-0.3, -0.25) is 0 Å². The second kappa shape index (κ2) is 5.17. The third-order valence-corrected chi connectivity index (χ3v) is 4.76. The van der Waals surface area contributed by atoms with Gasteiger partial charge in [0.1, 0.15) is 0 Å². The highest BCUT2D eigenvalue weighted by atomic mass is 16.5. The molecule has 2 bridgehead atoms. The van der Waals surface area contributed by atoms with Crippen molar-refractivity contribution in [2.75, 3.05) is 38.2 Å². The van der Waals surface area contributed by atoms with Crippen LogP contribution in [-0.4, -0.2) is 43.8 Å². The summed E-state index contributed by atoms with van der Waals surface area (Å²) in [5.74, 6) is 2.59. The summed E-state index contributed by atoms with van der Waals surface area (Å²) in [4.78, 5) is 2.57. The van der Waals surface area contributed by atoms with Crippen LogP contribution in [0.25, 0.3) is 0 Å². The molecule has 108 valence electrons. The quantitative estimate of drug-likeness (QED) is 0.897. The summed E-state index contributed by atoms with van der Waals surface area (Å²) in [6.07, 6.45) is 3.63. The lowest BCUT2D eigenvalue weighted by molar-refractivity contribution is 0.0975. The van der Waals surface area contributed by atoms with Gasteiger partial charge in [-0.1, -0.05) is 0 Å². The Hall–Kier alpha value is -1.42. The van der Waals surface area contributed by atoms with Crippen LogP contribution in [0.1, 0.15) is 19.3 Å². The number of piperidine rings is 3. The van der Waals surface area contributed by atoms with Crippen molar-refractivity contribution < 1.29 is 9.47 Å². The molecule has 0 spiro atoms. The Morgan fingerprint density at radius 3 is 2.60 bits per heavy atom. The fraction of sp³-hybridized carbons (Fsp3) is 0.625. The van der Waals surface area contributed by atoms with Crippen molar-refractivity contribution in [3.8, 4) is 11.5 Å². The molecule has 1 aromatic carbocycles. The first-order chi connectivity index (χ1) is 9.88. The molecule has 4 aliphatic heterocycles. The van der Waals surface area contributed by atoms with Crippen LogP contribution in [0.2, 0.25) is 0 Å². The van der Waals surface area contributed by atoms with Gasteiger partial charge in [0.05, 0.1) is 13.2 Å². The number of fused-ring (bicyclic) bond motifs is 4. The van der Waals surface area contributed by atoms with E-state index < -0.39 is 0 Å². The average molecular weight is 274 g/mol. The van der Waals surface area contributed by atoms with Crippen LogP contribution in [0.15, 0.2) is 18.2 Å². The van der Waals surface area contributed by atoms with Gasteiger partial charge < -0.3 is 19.7 Å². The van der Waals surface area contributed by atoms with E-state index in [1.54, 1.807) is 0 Å². The van der Waals surface area contributed by atoms with Crippen molar-refractivity contribution in [3.05, 3.63) is 18.2 Å². The minimum atomic E-state index is 0.585. The molecule has 3 saturated heterocycles. The molecule has 4 aliphatic rings. The molecule has 4 nitrogen and oxygen atoms in total. The van der Waals surface area contributed by atoms with Crippen molar-refractivity contribution in [1.29, 1.82) is 0 Å². The van der Waals surface area contributed by atoms with Gasteiger partial charge in [0.25, 0.3) is 0 Å². The van der Waals surface area contributed by atoms with Crippen molar-refractivity contribution in [2.45, 2.75) is 25.3 Å². The number of nitrogens with zero attached hydrogens (tertiary/aromatic N) is 1. The van der Waals surface area contributed by atoms with Crippen LogP contribution >= 0.6 is 0 Å². The highest BCUT2D eigenvalue weighted by Crippen LogP contribution is 2.34. The monoisotopic (exact) mass is 274 g/mol. The van der Waals surface area contributed by atoms with E-state index in [0.29, 0.717) is 6.04 Å². The van der Waals surface area contributed by atoms with Gasteiger partial charge in [0.2, 0.25) is 0 Å². The molecule has 1 atom stereocenters. The minimum absolute atomic E-state index is 0.585. The summed E-state index contributed by atoms with van der Waals surface area (Å²) in [6.45, 7) is 5.24. The zero-order valence-corrected chi connectivity index (χ0v) is 11.8. The van der Waals surface area contributed by atoms with Gasteiger partial charge in [0.15, 0.2) is 11.5 Å². The number of ether oxygens (including phenoxy) is 2. The number of hydrogen-bond donors (Lipinski definition) is 1. The Balaban J connectivity index is 1.50. The third kappa shape index (κ3) is 2.33. The molecule has 1 aromatic rings. The topological polar surface area (TPSA) is 33.7 Å². The predicted octanol–water partition coefficient (Wildman–Crippen LogP) is 2.35. The van der Waals surface area contributed by atoms with Crippen LogP contribution in [-0.2, 0) is 0 Å². The van der Waals surface area contributed by atoms with E-state index in [4.69, 9.17) is 9.47 Å². The smallest absolute Gasteiger partial charge is 0.163 e. The second-order valence-electron chi connectivity index (χ2n) is 6.10. The summed E-state index contributed by atoms with van der Waals surface area (Å²) in [5, 5.41) is 3.71. The second-order valence-corrected chi connectivity index (χ2v) is 6.10. The van der Waals surface area contributed by atoms with E-state index in [1.165, 1.54) is 32.5 Å². The maximum Gasteiger partial charge on any atom is 0.163 e. The van der Waals surface area contributed by atoms with E-state index in [9.17, 15) is 0 Å². The molecule has 4 heterocycles. The first kappa shape index (κ1) is 12.3. The largest absolute Gasteiger partial charge is 0.490 e. The lowest BCUT2D eigenvalue weighted by Gasteiger charge is -2.45. The number of nitrogens with one attached hydrogen (secondary N) is 1. The molecule has 1 unspecified atom stereocenters. The van der Waals surface area contributed by atoms with Gasteiger partial charge in [-0.15, -0.1) is 0 Å². The van der Waals surface area contributed by atoms with Crippen LogP contribution in [0.4, 0.5) is 5.69 Å². The van der Waals surface area contributed by atoms with Gasteiger partial charge in [-0.05, 0) is 44.0 Å². The Morgan fingerprint density at radius 1 is 1.05 bits per heavy atom. The Bertz CT molecular complexity index is 483. The molecule has 0 aromatic heterocycles. The van der Waals surface area contributed by atoms with Crippen molar-refractivity contribution in [2.24, 2.45) is 5.92 Å². The van der Waals surface area contributed by atoms with Crippen LogP contribution < -0.4 is 14.8 Å². The van der Waals surface area contributed by atoms with E-state index in [1.807, 2.05) is 6.07 Å². The maximum atomic E-state index is 5.76. The molecule has 0 saturated carbocycles. The third-order valence-electron chi connectivity index (χ3n) is 4.76. The van der Waals surface area contributed by atoms with E-state index in [-0.39, 0.29) is 0 Å². The van der Waals surface area contributed by atoms with Gasteiger partial charge in [-0.2, -0.15) is 0 Å². The summed E-state index contributed by atoms with van der Waals surface area (Å²) >= 11 is 0. The molecular formula is C16H22N2O2. The van der Waals surface area contributed by atoms with E-state index in [0.717, 1.165) is 42.7 Å². The molecule has 0 amide bonds. The standard InChI is InChI=1S/C16H22N2O2/c1-8-19-15-3-2-13(10-16(15)20-9-1)17-14-11-18-6-4-12(14)5-7-18/h2-3,10,12,14,17H,1,4-9,11H2. The van der Waals surface area contributed by atoms with Gasteiger partial charge in [0, 0.05) is 30.8 Å². The molecule has 1 N–H and O–H groups in total. The lowest BCUT2D eigenvalue weighted by Crippen LogP contribution is -2.53. The number of hydrogen-bond acceptors (Lipinski definition) is 4. The number of benzene rings is 1. The van der Waals surface area contributed by atoms with Crippen LogP contribution in [0, 0.1) is 5.92 Å². The zero-order chi connectivity index (χ0) is 13.4. The lowest BCUT2D eigenvalue weighted by atomic mass is 9.84. The first-order valence-electron chi connectivity index (χ1n) is 7.77. The highest BCUT2D eigenvalue weighted by molar-refractivity contribution is 5.55. The fourth-order valence-electron chi connectivity index (χ4n) is 3.60. The van der Waals surface area contributed by atoms with Crippen LogP contribution in [0.3, 0.4) is 0 Å². The Morgan fingerprint density at radius 2 is 1.85 bits per heavy atom. The molecule has 0 radical (unpaired) electrons. The van der Waals surface area contributed by atoms with E-state index in [2.05, 4.69) is 22.3 Å². The SMILES string of the molecule is c1cc2c(cc1NC1CN3CCC1CC3)OCCCO2. The molecular weight excluding hydrogens is 252 g/mol. The van der Waals surface area contributed by atoms with Crippen molar-refractivity contribution >= 4 is 5.69 Å². The average Bonchev–Trinajstić information content (AvgIpc) is 2.73. The highest BCUT2D eigenvalue weighted by Gasteiger charge is 2.33. The molecule has 3 fully saturated rings. The summed E-state index contributed by atoms with van der Waals surface area (Å²) in [6, 6.07) is 6.83. The van der Waals surface area contributed by atoms with Crippen LogP contribution in [0.5, 0.6) is 11.5 Å². The van der Waals surface area contributed by atoms with E-state index >= 15 is 0 Å². The fourth-order valence-corrected chi connectivity index (χ4v) is 3.60. The van der Waals surface area contributed by atoms with Gasteiger partial charge >= 0.3 is 0 Å². The van der Waals surface area contributed by atoms with Crippen molar-refractivity contribution in [1.82, 2.24) is 4.90 Å². The maximum absolute atomic E-state index is 5.76. The summed E-state index contributed by atoms with van der Waals surface area (Å²) in [5.41, 5.74) is 1.16. The van der Waals surface area contributed by atoms with Crippen molar-refractivity contribution in [3.63, 3.8) is 0 Å². The molecule has 20 heavy (non-hydrogen) atoms. The minimum Gasteiger partial charge on any atom is -0.490 e. The Labute approximate surface area is 120 Å².